The zero-order valence-corrected chi connectivity index (χ0v) is 16.1. The summed E-state index contributed by atoms with van der Waals surface area (Å²) in [4.78, 5) is 61.6. The summed E-state index contributed by atoms with van der Waals surface area (Å²) in [6.07, 6.45) is 3.69. The highest BCUT2D eigenvalue weighted by Gasteiger charge is 2.40. The minimum atomic E-state index is -0.932. The predicted octanol–water partition coefficient (Wildman–Crippen LogP) is 2.04. The highest BCUT2D eigenvalue weighted by molar-refractivity contribution is 6.22. The monoisotopic (exact) mass is 402 g/mol. The number of carbonyl (C=O) groups excluding carboxylic acids is 5. The predicted molar refractivity (Wildman–Crippen MR) is 99.3 cm³/mol. The van der Waals surface area contributed by atoms with Gasteiger partial charge in [0.05, 0.1) is 23.3 Å². The molecule has 0 bridgehead atoms. The van der Waals surface area contributed by atoms with Crippen molar-refractivity contribution in [3.05, 3.63) is 34.9 Å². The van der Waals surface area contributed by atoms with Crippen LogP contribution in [0.5, 0.6) is 0 Å². The fraction of sp³-hybridized carbons (Fsp3) is 0.450. The number of benzene rings is 1. The Bertz CT molecular complexity index is 858. The normalized spacial score (nSPS) is 16.4. The van der Waals surface area contributed by atoms with E-state index in [2.05, 4.69) is 4.74 Å². The van der Waals surface area contributed by atoms with Gasteiger partial charge in [0.15, 0.2) is 6.61 Å². The summed E-state index contributed by atoms with van der Waals surface area (Å²) in [5.74, 6) is -2.44. The third-order valence-electron chi connectivity index (χ3n) is 4.94. The van der Waals surface area contributed by atoms with E-state index >= 15 is 0 Å². The van der Waals surface area contributed by atoms with Gasteiger partial charge in [0, 0.05) is 6.04 Å². The van der Waals surface area contributed by atoms with Gasteiger partial charge in [-0.2, -0.15) is 0 Å². The van der Waals surface area contributed by atoms with E-state index in [1.165, 1.54) is 23.1 Å². The van der Waals surface area contributed by atoms with Gasteiger partial charge >= 0.3 is 12.1 Å². The molecule has 4 amide bonds. The van der Waals surface area contributed by atoms with E-state index in [1.54, 1.807) is 6.92 Å². The molecule has 2 aliphatic rings. The van der Waals surface area contributed by atoms with Crippen LogP contribution in [0, 0.1) is 0 Å². The molecule has 1 fully saturated rings. The first kappa shape index (κ1) is 20.5. The Hall–Kier alpha value is -3.23. The molecule has 0 saturated heterocycles. The molecule has 9 heteroatoms. The van der Waals surface area contributed by atoms with Crippen molar-refractivity contribution in [3.63, 3.8) is 0 Å². The fourth-order valence-electron chi connectivity index (χ4n) is 3.59. The van der Waals surface area contributed by atoms with Gasteiger partial charge in [-0.3, -0.25) is 24.6 Å². The van der Waals surface area contributed by atoms with Crippen LogP contribution in [-0.4, -0.2) is 53.9 Å². The number of hydrogen-bond donors (Lipinski definition) is 1. The van der Waals surface area contributed by atoms with Crippen molar-refractivity contribution in [2.75, 3.05) is 13.2 Å². The van der Waals surface area contributed by atoms with Crippen molar-refractivity contribution in [3.8, 4) is 0 Å². The smallest absolute Gasteiger partial charge is 0.413 e. The first-order chi connectivity index (χ1) is 13.9. The molecule has 1 heterocycles. The molecule has 1 aliphatic heterocycles. The van der Waals surface area contributed by atoms with Crippen LogP contribution < -0.4 is 5.32 Å². The number of amides is 4. The van der Waals surface area contributed by atoms with Gasteiger partial charge in [0.25, 0.3) is 17.7 Å². The van der Waals surface area contributed by atoms with E-state index in [0.29, 0.717) is 0 Å². The molecule has 1 saturated carbocycles. The SMILES string of the molecule is CCOC(=O)NC(=O)COC(=O)c1ccc2c(c1)C(=O)N(C1CCCCC1)C2=O. The summed E-state index contributed by atoms with van der Waals surface area (Å²) >= 11 is 0. The quantitative estimate of drug-likeness (QED) is 0.591. The van der Waals surface area contributed by atoms with E-state index in [1.807, 2.05) is 5.32 Å². The average molecular weight is 402 g/mol. The number of hydrogen-bond acceptors (Lipinski definition) is 7. The molecule has 29 heavy (non-hydrogen) atoms. The Labute approximate surface area is 167 Å². The number of carbonyl (C=O) groups is 5. The van der Waals surface area contributed by atoms with Gasteiger partial charge in [-0.05, 0) is 38.0 Å². The third-order valence-corrected chi connectivity index (χ3v) is 4.94. The number of nitrogens with zero attached hydrogens (tertiary/aromatic N) is 1. The molecular weight excluding hydrogens is 380 g/mol. The largest absolute Gasteiger partial charge is 0.452 e. The van der Waals surface area contributed by atoms with Gasteiger partial charge in [0.1, 0.15) is 0 Å². The molecule has 1 N–H and O–H groups in total. The Morgan fingerprint density at radius 3 is 2.41 bits per heavy atom. The molecule has 0 unspecified atom stereocenters. The van der Waals surface area contributed by atoms with E-state index in [4.69, 9.17) is 4.74 Å². The van der Waals surface area contributed by atoms with Crippen LogP contribution in [-0.2, 0) is 14.3 Å². The molecule has 3 rings (SSSR count). The first-order valence-electron chi connectivity index (χ1n) is 9.58. The highest BCUT2D eigenvalue weighted by Crippen LogP contribution is 2.31. The summed E-state index contributed by atoms with van der Waals surface area (Å²) < 4.78 is 9.42. The van der Waals surface area contributed by atoms with Crippen molar-refractivity contribution in [2.24, 2.45) is 0 Å². The number of alkyl carbamates (subject to hydrolysis) is 1. The highest BCUT2D eigenvalue weighted by atomic mass is 16.6. The van der Waals surface area contributed by atoms with Crippen molar-refractivity contribution in [1.82, 2.24) is 10.2 Å². The Kier molecular flexibility index (Phi) is 6.26. The summed E-state index contributed by atoms with van der Waals surface area (Å²) in [5, 5.41) is 1.90. The van der Waals surface area contributed by atoms with Gasteiger partial charge in [-0.15, -0.1) is 0 Å². The summed E-state index contributed by atoms with van der Waals surface area (Å²) in [6, 6.07) is 4.00. The molecule has 1 aromatic carbocycles. The Morgan fingerprint density at radius 1 is 1.03 bits per heavy atom. The molecule has 0 atom stereocenters. The van der Waals surface area contributed by atoms with Crippen molar-refractivity contribution >= 4 is 29.8 Å². The van der Waals surface area contributed by atoms with E-state index in [9.17, 15) is 24.0 Å². The van der Waals surface area contributed by atoms with E-state index in [0.717, 1.165) is 32.1 Å². The number of ether oxygens (including phenoxy) is 2. The van der Waals surface area contributed by atoms with Gasteiger partial charge in [-0.25, -0.2) is 9.59 Å². The number of fused-ring (bicyclic) bond motifs is 1. The maximum atomic E-state index is 12.8. The van der Waals surface area contributed by atoms with Crippen LogP contribution in [0.1, 0.15) is 70.1 Å². The van der Waals surface area contributed by atoms with Gasteiger partial charge in [0.2, 0.25) is 0 Å². The van der Waals surface area contributed by atoms with Crippen molar-refractivity contribution in [1.29, 1.82) is 0 Å². The van der Waals surface area contributed by atoms with Crippen LogP contribution in [0.15, 0.2) is 18.2 Å². The molecule has 0 spiro atoms. The lowest BCUT2D eigenvalue weighted by Gasteiger charge is -2.29. The third kappa shape index (κ3) is 4.44. The van der Waals surface area contributed by atoms with Gasteiger partial charge < -0.3 is 9.47 Å². The van der Waals surface area contributed by atoms with Crippen LogP contribution in [0.4, 0.5) is 4.79 Å². The minimum Gasteiger partial charge on any atom is -0.452 e. The zero-order chi connectivity index (χ0) is 21.0. The first-order valence-corrected chi connectivity index (χ1v) is 9.58. The van der Waals surface area contributed by atoms with Crippen LogP contribution in [0.2, 0.25) is 0 Å². The van der Waals surface area contributed by atoms with Crippen LogP contribution in [0.25, 0.3) is 0 Å². The molecule has 154 valence electrons. The van der Waals surface area contributed by atoms with E-state index < -0.39 is 30.5 Å². The summed E-state index contributed by atoms with van der Waals surface area (Å²) in [7, 11) is 0. The summed E-state index contributed by atoms with van der Waals surface area (Å²) in [5.41, 5.74) is 0.461. The number of esters is 1. The number of imide groups is 2. The maximum Gasteiger partial charge on any atom is 0.413 e. The number of rotatable bonds is 5. The van der Waals surface area contributed by atoms with Crippen LogP contribution in [0.3, 0.4) is 0 Å². The summed E-state index contributed by atoms with van der Waals surface area (Å²) in [6.45, 7) is 0.994. The molecule has 1 aromatic rings. The van der Waals surface area contributed by atoms with Crippen LogP contribution >= 0.6 is 0 Å². The van der Waals surface area contributed by atoms with Crippen molar-refractivity contribution < 1.29 is 33.4 Å². The van der Waals surface area contributed by atoms with Crippen molar-refractivity contribution in [2.45, 2.75) is 45.1 Å². The maximum absolute atomic E-state index is 12.8. The molecule has 0 radical (unpaired) electrons. The number of nitrogens with one attached hydrogen (secondary N) is 1. The minimum absolute atomic E-state index is 0.0410. The molecular formula is C20H22N2O7. The lowest BCUT2D eigenvalue weighted by Crippen LogP contribution is -2.40. The fourth-order valence-corrected chi connectivity index (χ4v) is 3.59. The molecule has 1 aliphatic carbocycles. The van der Waals surface area contributed by atoms with Gasteiger partial charge in [-0.1, -0.05) is 19.3 Å². The standard InChI is InChI=1S/C20H22N2O7/c1-2-28-20(27)21-16(23)11-29-19(26)12-8-9-14-15(10-12)18(25)22(17(14)24)13-6-4-3-5-7-13/h8-10,13H,2-7,11H2,1H3,(H,21,23,27). The lowest BCUT2D eigenvalue weighted by molar-refractivity contribution is -0.123. The second kappa shape index (κ2) is 8.85. The molecule has 0 aromatic heterocycles. The topological polar surface area (TPSA) is 119 Å². The Morgan fingerprint density at radius 2 is 1.72 bits per heavy atom. The second-order valence-electron chi connectivity index (χ2n) is 6.88. The van der Waals surface area contributed by atoms with E-state index in [-0.39, 0.29) is 35.2 Å². The molecule has 9 nitrogen and oxygen atoms in total. The average Bonchev–Trinajstić information content (AvgIpc) is 2.96. The lowest BCUT2D eigenvalue weighted by atomic mass is 9.94. The Balaban J connectivity index is 1.65. The second-order valence-corrected chi connectivity index (χ2v) is 6.88. The zero-order valence-electron chi connectivity index (χ0n) is 16.1.